The summed E-state index contributed by atoms with van der Waals surface area (Å²) in [5.41, 5.74) is 1.60. The fourth-order valence-electron chi connectivity index (χ4n) is 3.76. The summed E-state index contributed by atoms with van der Waals surface area (Å²) in [6.45, 7) is 1.34. The van der Waals surface area contributed by atoms with Gasteiger partial charge in [-0.3, -0.25) is 9.59 Å². The number of benzene rings is 1. The molecule has 1 fully saturated rings. The Kier molecular flexibility index (Phi) is 2.85. The largest absolute Gasteiger partial charge is 0.509 e. The number of aliphatic hydroxyl groups is 1. The van der Waals surface area contributed by atoms with Crippen LogP contribution in [0, 0.1) is 0 Å². The highest BCUT2D eigenvalue weighted by molar-refractivity contribution is 6.28. The van der Waals surface area contributed by atoms with Crippen molar-refractivity contribution in [1.29, 1.82) is 0 Å². The van der Waals surface area contributed by atoms with Gasteiger partial charge in [0.15, 0.2) is 5.78 Å². The van der Waals surface area contributed by atoms with Gasteiger partial charge in [0.05, 0.1) is 5.69 Å². The van der Waals surface area contributed by atoms with E-state index in [1.165, 1.54) is 6.92 Å². The zero-order chi connectivity index (χ0) is 16.2. The predicted molar refractivity (Wildman–Crippen MR) is 86.4 cm³/mol. The third kappa shape index (κ3) is 1.72. The maximum absolute atomic E-state index is 12.9. The minimum atomic E-state index is -0.614. The van der Waals surface area contributed by atoms with Gasteiger partial charge < -0.3 is 9.67 Å². The smallest absolute Gasteiger partial charge is 0.217 e. The standard InChI is InChI=1S/C19H17NO3/c1-12(21)15-17(22)16-14(13-6-3-2-4-7-13)8-11-20(16)19(18(15)23)9-5-10-19/h2-4,6-8,11,23H,5,9-10H2,1H3. The normalized spacial score (nSPS) is 18.7. The molecule has 23 heavy (non-hydrogen) atoms. The number of hydrogen-bond donors (Lipinski definition) is 1. The molecule has 1 aliphatic carbocycles. The third-order valence-corrected chi connectivity index (χ3v) is 5.08. The molecule has 4 rings (SSSR count). The van der Waals surface area contributed by atoms with Crippen molar-refractivity contribution in [2.24, 2.45) is 0 Å². The van der Waals surface area contributed by atoms with Crippen molar-refractivity contribution < 1.29 is 14.7 Å². The SMILES string of the molecule is CC(=O)C1=C(O)C2(CCC2)n2ccc(-c3ccccc3)c2C1=O. The molecule has 2 aliphatic rings. The number of Topliss-reactive ketones (excluding diaryl/α,β-unsaturated/α-hetero) is 2. The summed E-state index contributed by atoms with van der Waals surface area (Å²) < 4.78 is 1.88. The molecular formula is C19H17NO3. The monoisotopic (exact) mass is 307 g/mol. The molecule has 0 atom stereocenters. The van der Waals surface area contributed by atoms with Gasteiger partial charge >= 0.3 is 0 Å². The van der Waals surface area contributed by atoms with Crippen LogP contribution in [-0.2, 0) is 10.3 Å². The average molecular weight is 307 g/mol. The van der Waals surface area contributed by atoms with E-state index in [-0.39, 0.29) is 22.9 Å². The van der Waals surface area contributed by atoms with Crippen molar-refractivity contribution >= 4 is 11.6 Å². The van der Waals surface area contributed by atoms with E-state index in [4.69, 9.17) is 0 Å². The minimum Gasteiger partial charge on any atom is -0.509 e. The summed E-state index contributed by atoms with van der Waals surface area (Å²) >= 11 is 0. The van der Waals surface area contributed by atoms with Crippen LogP contribution in [0.15, 0.2) is 53.9 Å². The highest BCUT2D eigenvalue weighted by Gasteiger charge is 2.51. The number of ketones is 2. The van der Waals surface area contributed by atoms with E-state index in [1.54, 1.807) is 0 Å². The van der Waals surface area contributed by atoms with E-state index in [1.807, 2.05) is 47.2 Å². The number of nitrogens with zero attached hydrogens (tertiary/aromatic N) is 1. The molecule has 1 aromatic heterocycles. The summed E-state index contributed by atoms with van der Waals surface area (Å²) in [6.07, 6.45) is 4.33. The highest BCUT2D eigenvalue weighted by Crippen LogP contribution is 2.50. The molecule has 0 unspecified atom stereocenters. The molecule has 2 aromatic rings. The summed E-state index contributed by atoms with van der Waals surface area (Å²) in [5.74, 6) is -0.800. The molecule has 0 bridgehead atoms. The quantitative estimate of drug-likeness (QED) is 0.862. The number of hydrogen-bond acceptors (Lipinski definition) is 3. The maximum Gasteiger partial charge on any atom is 0.217 e. The number of allylic oxidation sites excluding steroid dienone is 2. The fraction of sp³-hybridized carbons (Fsp3) is 0.263. The second-order valence-electron chi connectivity index (χ2n) is 6.31. The summed E-state index contributed by atoms with van der Waals surface area (Å²) in [4.78, 5) is 24.9. The van der Waals surface area contributed by atoms with Crippen molar-refractivity contribution in [3.63, 3.8) is 0 Å². The van der Waals surface area contributed by atoms with Crippen molar-refractivity contribution in [3.05, 3.63) is 59.6 Å². The number of aromatic nitrogens is 1. The second kappa shape index (κ2) is 4.69. The lowest BCUT2D eigenvalue weighted by Crippen LogP contribution is -2.48. The van der Waals surface area contributed by atoms with Gasteiger partial charge in [-0.05, 0) is 37.8 Å². The third-order valence-electron chi connectivity index (χ3n) is 5.08. The van der Waals surface area contributed by atoms with Crippen molar-refractivity contribution in [2.45, 2.75) is 31.7 Å². The minimum absolute atomic E-state index is 0.0481. The number of fused-ring (bicyclic) bond motifs is 2. The summed E-state index contributed by atoms with van der Waals surface area (Å²) in [7, 11) is 0. The van der Waals surface area contributed by atoms with Crippen LogP contribution in [-0.4, -0.2) is 21.2 Å². The molecule has 2 heterocycles. The van der Waals surface area contributed by atoms with Crippen molar-refractivity contribution in [1.82, 2.24) is 4.57 Å². The second-order valence-corrected chi connectivity index (χ2v) is 6.31. The topological polar surface area (TPSA) is 59.3 Å². The van der Waals surface area contributed by atoms with Crippen LogP contribution in [0.1, 0.15) is 36.7 Å². The van der Waals surface area contributed by atoms with Crippen LogP contribution < -0.4 is 0 Å². The van der Waals surface area contributed by atoms with Gasteiger partial charge in [-0.1, -0.05) is 30.3 Å². The first-order chi connectivity index (χ1) is 11.1. The van der Waals surface area contributed by atoms with Crippen LogP contribution in [0.5, 0.6) is 0 Å². The van der Waals surface area contributed by atoms with Gasteiger partial charge in [0.2, 0.25) is 5.78 Å². The Labute approximate surface area is 134 Å². The first-order valence-corrected chi connectivity index (χ1v) is 7.83. The molecule has 1 aliphatic heterocycles. The molecule has 1 spiro atoms. The first kappa shape index (κ1) is 14.0. The van der Waals surface area contributed by atoms with E-state index in [0.29, 0.717) is 5.69 Å². The lowest BCUT2D eigenvalue weighted by Gasteiger charge is -2.46. The molecule has 1 saturated carbocycles. The molecule has 116 valence electrons. The van der Waals surface area contributed by atoms with Crippen LogP contribution in [0.4, 0.5) is 0 Å². The van der Waals surface area contributed by atoms with Crippen molar-refractivity contribution in [2.75, 3.05) is 0 Å². The first-order valence-electron chi connectivity index (χ1n) is 7.83. The Bertz CT molecular complexity index is 854. The maximum atomic E-state index is 12.9. The Morgan fingerprint density at radius 3 is 2.43 bits per heavy atom. The van der Waals surface area contributed by atoms with Gasteiger partial charge in [-0.15, -0.1) is 0 Å². The van der Waals surface area contributed by atoms with E-state index < -0.39 is 5.54 Å². The summed E-state index contributed by atoms with van der Waals surface area (Å²) in [6, 6.07) is 11.6. The van der Waals surface area contributed by atoms with Gasteiger partial charge in [-0.25, -0.2) is 0 Å². The number of carbonyl (C=O) groups is 2. The predicted octanol–water partition coefficient (Wildman–Crippen LogP) is 3.63. The van der Waals surface area contributed by atoms with Gasteiger partial charge in [0, 0.05) is 11.8 Å². The van der Waals surface area contributed by atoms with Crippen molar-refractivity contribution in [3.8, 4) is 11.1 Å². The number of rotatable bonds is 2. The van der Waals surface area contributed by atoms with Gasteiger partial charge in [0.1, 0.15) is 16.9 Å². The van der Waals surface area contributed by atoms with Gasteiger partial charge in [0.25, 0.3) is 0 Å². The Balaban J connectivity index is 1.99. The van der Waals surface area contributed by atoms with Crippen LogP contribution in [0.2, 0.25) is 0 Å². The highest BCUT2D eigenvalue weighted by atomic mass is 16.3. The molecule has 4 heteroatoms. The van der Waals surface area contributed by atoms with Crippen LogP contribution in [0.3, 0.4) is 0 Å². The Morgan fingerprint density at radius 2 is 1.87 bits per heavy atom. The molecule has 1 aromatic carbocycles. The lowest BCUT2D eigenvalue weighted by atomic mass is 9.70. The van der Waals surface area contributed by atoms with Gasteiger partial charge in [-0.2, -0.15) is 0 Å². The molecular weight excluding hydrogens is 290 g/mol. The lowest BCUT2D eigenvalue weighted by molar-refractivity contribution is -0.113. The molecule has 0 radical (unpaired) electrons. The van der Waals surface area contributed by atoms with E-state index in [9.17, 15) is 14.7 Å². The molecule has 4 nitrogen and oxygen atoms in total. The van der Waals surface area contributed by atoms with Crippen LogP contribution in [0.25, 0.3) is 11.1 Å². The molecule has 0 amide bonds. The Morgan fingerprint density at radius 1 is 1.17 bits per heavy atom. The molecule has 0 saturated heterocycles. The average Bonchev–Trinajstić information content (AvgIpc) is 2.92. The van der Waals surface area contributed by atoms with E-state index >= 15 is 0 Å². The zero-order valence-electron chi connectivity index (χ0n) is 12.9. The van der Waals surface area contributed by atoms with E-state index in [2.05, 4.69) is 0 Å². The zero-order valence-corrected chi connectivity index (χ0v) is 12.9. The summed E-state index contributed by atoms with van der Waals surface area (Å²) in [5, 5.41) is 10.6. The fourth-order valence-corrected chi connectivity index (χ4v) is 3.76. The number of carbonyl (C=O) groups excluding carboxylic acids is 2. The Hall–Kier alpha value is -2.62. The van der Waals surface area contributed by atoms with E-state index in [0.717, 1.165) is 30.4 Å². The molecule has 1 N–H and O–H groups in total. The van der Waals surface area contributed by atoms with Crippen LogP contribution >= 0.6 is 0 Å². The number of aliphatic hydroxyl groups excluding tert-OH is 1.